The molecule has 0 radical (unpaired) electrons. The third kappa shape index (κ3) is 3.17. The molecular weight excluding hydrogens is 506 g/mol. The SMILES string of the molecule is CC(C)(C)c1cc2c3c(c1)Oc1cc4ccc5ccccc5c4nc1N3c1nc3c(ccc4ccccc43)cc1O2. The number of nitrogens with zero attached hydrogens (tertiary/aromatic N) is 3. The first-order valence-electron chi connectivity index (χ1n) is 13.9. The maximum Gasteiger partial charge on any atom is 0.183 e. The average Bonchev–Trinajstić information content (AvgIpc) is 2.98. The molecule has 0 aliphatic carbocycles. The second kappa shape index (κ2) is 7.73. The van der Waals surface area contributed by atoms with E-state index in [-0.39, 0.29) is 5.41 Å². The first kappa shape index (κ1) is 22.6. The van der Waals surface area contributed by atoms with Gasteiger partial charge in [0, 0.05) is 21.5 Å². The molecule has 5 nitrogen and oxygen atoms in total. The molecule has 2 aliphatic heterocycles. The van der Waals surface area contributed by atoms with Gasteiger partial charge in [-0.15, -0.1) is 0 Å². The first-order chi connectivity index (χ1) is 19.9. The number of rotatable bonds is 0. The Morgan fingerprint density at radius 2 is 1.00 bits per heavy atom. The molecule has 5 aromatic carbocycles. The molecule has 196 valence electrons. The molecule has 0 amide bonds. The molecule has 0 saturated heterocycles. The van der Waals surface area contributed by atoms with Gasteiger partial charge >= 0.3 is 0 Å². The predicted molar refractivity (Wildman–Crippen MR) is 166 cm³/mol. The molecule has 41 heavy (non-hydrogen) atoms. The van der Waals surface area contributed by atoms with Crippen LogP contribution in [0.4, 0.5) is 17.3 Å². The molecule has 5 heteroatoms. The van der Waals surface area contributed by atoms with Gasteiger partial charge in [-0.25, -0.2) is 9.97 Å². The van der Waals surface area contributed by atoms with E-state index in [9.17, 15) is 0 Å². The first-order valence-corrected chi connectivity index (χ1v) is 13.9. The van der Waals surface area contributed by atoms with Gasteiger partial charge in [0.25, 0.3) is 0 Å². The molecule has 0 spiro atoms. The molecule has 0 N–H and O–H groups in total. The van der Waals surface area contributed by atoms with Gasteiger partial charge in [-0.2, -0.15) is 0 Å². The fraction of sp³-hybridized carbons (Fsp3) is 0.111. The zero-order valence-electron chi connectivity index (χ0n) is 22.9. The number of anilines is 3. The Morgan fingerprint density at radius 3 is 1.49 bits per heavy atom. The summed E-state index contributed by atoms with van der Waals surface area (Å²) in [5.74, 6) is 4.31. The summed E-state index contributed by atoms with van der Waals surface area (Å²) in [4.78, 5) is 12.7. The average molecular weight is 532 g/mol. The lowest BCUT2D eigenvalue weighted by atomic mass is 9.86. The number of aromatic nitrogens is 2. The Balaban J connectivity index is 1.39. The lowest BCUT2D eigenvalue weighted by Crippen LogP contribution is -2.23. The largest absolute Gasteiger partial charge is 0.451 e. The van der Waals surface area contributed by atoms with Crippen LogP contribution in [0.25, 0.3) is 43.4 Å². The van der Waals surface area contributed by atoms with Gasteiger partial charge in [0.1, 0.15) is 5.69 Å². The van der Waals surface area contributed by atoms with Crippen molar-refractivity contribution in [1.82, 2.24) is 9.97 Å². The van der Waals surface area contributed by atoms with Crippen LogP contribution in [-0.2, 0) is 5.41 Å². The summed E-state index contributed by atoms with van der Waals surface area (Å²) in [5.41, 5.74) is 3.74. The molecule has 0 fully saturated rings. The van der Waals surface area contributed by atoms with E-state index in [0.29, 0.717) is 23.1 Å². The van der Waals surface area contributed by atoms with E-state index in [1.807, 2.05) is 0 Å². The van der Waals surface area contributed by atoms with Crippen LogP contribution in [0.3, 0.4) is 0 Å². The summed E-state index contributed by atoms with van der Waals surface area (Å²) in [6.07, 6.45) is 0. The van der Waals surface area contributed by atoms with Crippen molar-refractivity contribution in [2.24, 2.45) is 0 Å². The van der Waals surface area contributed by atoms with E-state index in [1.165, 1.54) is 0 Å². The molecule has 0 atom stereocenters. The van der Waals surface area contributed by atoms with Crippen LogP contribution in [-0.4, -0.2) is 9.97 Å². The summed E-state index contributed by atoms with van der Waals surface area (Å²) >= 11 is 0. The van der Waals surface area contributed by atoms with E-state index in [4.69, 9.17) is 19.4 Å². The Bertz CT molecular complexity index is 2120. The lowest BCUT2D eigenvalue weighted by molar-refractivity contribution is 0.438. The maximum atomic E-state index is 6.64. The number of ether oxygens (including phenoxy) is 2. The zero-order chi connectivity index (χ0) is 27.5. The minimum Gasteiger partial charge on any atom is -0.451 e. The number of pyridine rings is 2. The van der Waals surface area contributed by atoms with Crippen molar-refractivity contribution in [3.63, 3.8) is 0 Å². The van der Waals surface area contributed by atoms with Gasteiger partial charge in [-0.1, -0.05) is 93.6 Å². The second-order valence-corrected chi connectivity index (χ2v) is 11.9. The van der Waals surface area contributed by atoms with E-state index in [2.05, 4.69) is 123 Å². The third-order valence-electron chi connectivity index (χ3n) is 8.31. The number of benzene rings is 5. The van der Waals surface area contributed by atoms with Crippen molar-refractivity contribution in [2.45, 2.75) is 26.2 Å². The molecule has 0 saturated carbocycles. The van der Waals surface area contributed by atoms with E-state index in [1.54, 1.807) is 0 Å². The predicted octanol–water partition coefficient (Wildman–Crippen LogP) is 10.1. The van der Waals surface area contributed by atoms with Gasteiger partial charge in [0.2, 0.25) is 0 Å². The van der Waals surface area contributed by atoms with Gasteiger partial charge in [0.05, 0.1) is 11.0 Å². The highest BCUT2D eigenvalue weighted by Gasteiger charge is 2.38. The highest BCUT2D eigenvalue weighted by molar-refractivity contribution is 6.09. The van der Waals surface area contributed by atoms with Crippen LogP contribution in [0.1, 0.15) is 26.3 Å². The normalized spacial score (nSPS) is 13.6. The highest BCUT2D eigenvalue weighted by atomic mass is 16.5. The van der Waals surface area contributed by atoms with Crippen molar-refractivity contribution in [2.75, 3.05) is 4.90 Å². The van der Waals surface area contributed by atoms with E-state index in [0.717, 1.165) is 66.1 Å². The summed E-state index contributed by atoms with van der Waals surface area (Å²) in [6, 6.07) is 33.7. The van der Waals surface area contributed by atoms with Crippen LogP contribution in [0.15, 0.2) is 97.1 Å². The van der Waals surface area contributed by atoms with Crippen LogP contribution in [0.2, 0.25) is 0 Å². The summed E-state index contributed by atoms with van der Waals surface area (Å²) < 4.78 is 13.3. The number of hydrogen-bond donors (Lipinski definition) is 0. The molecular formula is C36H25N3O2. The monoisotopic (exact) mass is 531 g/mol. The van der Waals surface area contributed by atoms with Crippen molar-refractivity contribution in [3.05, 3.63) is 103 Å². The zero-order valence-corrected chi connectivity index (χ0v) is 22.9. The van der Waals surface area contributed by atoms with Gasteiger partial charge in [-0.05, 0) is 46.0 Å². The molecule has 2 aliphatic rings. The van der Waals surface area contributed by atoms with Crippen molar-refractivity contribution in [3.8, 4) is 23.0 Å². The second-order valence-electron chi connectivity index (χ2n) is 11.9. The van der Waals surface area contributed by atoms with Gasteiger partial charge in [0.15, 0.2) is 34.6 Å². The number of hydrogen-bond acceptors (Lipinski definition) is 5. The summed E-state index contributed by atoms with van der Waals surface area (Å²) in [5, 5.41) is 6.57. The van der Waals surface area contributed by atoms with Crippen LogP contribution in [0.5, 0.6) is 23.0 Å². The fourth-order valence-electron chi connectivity index (χ4n) is 6.17. The Hall–Kier alpha value is -5.16. The summed E-state index contributed by atoms with van der Waals surface area (Å²) in [6.45, 7) is 6.60. The minimum atomic E-state index is -0.0925. The summed E-state index contributed by atoms with van der Waals surface area (Å²) in [7, 11) is 0. The number of fused-ring (bicyclic) bond motifs is 10. The highest BCUT2D eigenvalue weighted by Crippen LogP contribution is 2.60. The lowest BCUT2D eigenvalue weighted by Gasteiger charge is -2.37. The van der Waals surface area contributed by atoms with Crippen LogP contribution in [0, 0.1) is 0 Å². The topological polar surface area (TPSA) is 47.5 Å². The Labute approximate surface area is 236 Å². The van der Waals surface area contributed by atoms with Crippen molar-refractivity contribution in [1.29, 1.82) is 0 Å². The van der Waals surface area contributed by atoms with Gasteiger partial charge < -0.3 is 9.47 Å². The minimum absolute atomic E-state index is 0.0925. The van der Waals surface area contributed by atoms with Crippen molar-refractivity contribution >= 4 is 60.7 Å². The molecule has 2 aromatic heterocycles. The quantitative estimate of drug-likeness (QED) is 0.182. The Morgan fingerprint density at radius 1 is 0.537 bits per heavy atom. The Kier molecular flexibility index (Phi) is 4.27. The fourth-order valence-corrected chi connectivity index (χ4v) is 6.17. The maximum absolute atomic E-state index is 6.64. The molecule has 0 bridgehead atoms. The van der Waals surface area contributed by atoms with E-state index < -0.39 is 0 Å². The van der Waals surface area contributed by atoms with Crippen LogP contribution < -0.4 is 14.4 Å². The van der Waals surface area contributed by atoms with Crippen molar-refractivity contribution < 1.29 is 9.47 Å². The van der Waals surface area contributed by atoms with Crippen LogP contribution >= 0.6 is 0 Å². The van der Waals surface area contributed by atoms with Gasteiger partial charge in [-0.3, -0.25) is 4.90 Å². The van der Waals surface area contributed by atoms with E-state index >= 15 is 0 Å². The smallest absolute Gasteiger partial charge is 0.183 e. The standard InChI is InChI=1S/C36H25N3O2/c1-36(2,3)24-18-27-33-28(19-24)41-30-17-23-15-13-21-9-5-7-11-26(21)32(23)38-35(30)39(33)34-29(40-27)16-22-14-12-20-8-4-6-10-25(20)31(22)37-34/h4-19H,1-3H3. The third-order valence-corrected chi connectivity index (χ3v) is 8.31. The molecule has 4 heterocycles. The molecule has 0 unspecified atom stereocenters. The molecule has 7 aromatic rings. The molecule has 9 rings (SSSR count).